The predicted octanol–water partition coefficient (Wildman–Crippen LogP) is 2.85. The van der Waals surface area contributed by atoms with E-state index in [2.05, 4.69) is 22.1 Å². The molecule has 0 aliphatic heterocycles. The van der Waals surface area contributed by atoms with Crippen LogP contribution in [0.2, 0.25) is 5.02 Å². The van der Waals surface area contributed by atoms with Gasteiger partial charge in [-0.05, 0) is 24.3 Å². The fraction of sp³-hybridized carbons (Fsp3) is 0.154. The smallest absolute Gasteiger partial charge is 0.234 e. The number of thioether (sulfide) groups is 1. The third-order valence-electron chi connectivity index (χ3n) is 2.37. The summed E-state index contributed by atoms with van der Waals surface area (Å²) in [6.07, 6.45) is 3.36. The van der Waals surface area contributed by atoms with Gasteiger partial charge in [-0.3, -0.25) is 4.79 Å². The van der Waals surface area contributed by atoms with Gasteiger partial charge in [0.05, 0.1) is 5.75 Å². The Morgan fingerprint density at radius 1 is 1.45 bits per heavy atom. The first-order chi connectivity index (χ1) is 9.69. The van der Waals surface area contributed by atoms with Gasteiger partial charge in [0.2, 0.25) is 5.91 Å². The summed E-state index contributed by atoms with van der Waals surface area (Å²) in [7, 11) is 0. The highest BCUT2D eigenvalue weighted by molar-refractivity contribution is 7.99. The van der Waals surface area contributed by atoms with Crippen LogP contribution in [0.25, 0.3) is 0 Å². The second-order valence-electron chi connectivity index (χ2n) is 3.90. The van der Waals surface area contributed by atoms with Crippen molar-refractivity contribution in [3.05, 3.63) is 48.3 Å². The van der Waals surface area contributed by atoms with Crippen LogP contribution in [0.4, 0.5) is 5.69 Å². The van der Waals surface area contributed by atoms with Crippen molar-refractivity contribution in [2.45, 2.75) is 11.7 Å². The predicted molar refractivity (Wildman–Crippen MR) is 81.0 cm³/mol. The van der Waals surface area contributed by atoms with Crippen LogP contribution < -0.4 is 5.32 Å². The van der Waals surface area contributed by atoms with E-state index in [0.717, 1.165) is 0 Å². The van der Waals surface area contributed by atoms with Crippen LogP contribution in [-0.2, 0) is 11.3 Å². The Kier molecular flexibility index (Phi) is 5.20. The van der Waals surface area contributed by atoms with Crippen LogP contribution >= 0.6 is 23.4 Å². The van der Waals surface area contributed by atoms with E-state index in [-0.39, 0.29) is 11.7 Å². The third kappa shape index (κ3) is 4.11. The molecule has 1 N–H and O–H groups in total. The largest absolute Gasteiger partial charge is 0.325 e. The number of allylic oxidation sites excluding steroid dienone is 1. The lowest BCUT2D eigenvalue weighted by Gasteiger charge is -2.05. The minimum atomic E-state index is -0.106. The van der Waals surface area contributed by atoms with Gasteiger partial charge in [0.15, 0.2) is 5.16 Å². The maximum atomic E-state index is 11.8. The van der Waals surface area contributed by atoms with Crippen molar-refractivity contribution in [3.63, 3.8) is 0 Å². The fourth-order valence-corrected chi connectivity index (χ4v) is 2.33. The lowest BCUT2D eigenvalue weighted by molar-refractivity contribution is -0.113. The zero-order chi connectivity index (χ0) is 14.4. The normalized spacial score (nSPS) is 10.2. The van der Waals surface area contributed by atoms with Gasteiger partial charge >= 0.3 is 0 Å². The van der Waals surface area contributed by atoms with E-state index in [0.29, 0.717) is 22.4 Å². The van der Waals surface area contributed by atoms with Crippen LogP contribution in [0.15, 0.2) is 48.4 Å². The molecule has 104 valence electrons. The van der Waals surface area contributed by atoms with Crippen molar-refractivity contribution in [2.24, 2.45) is 0 Å². The van der Waals surface area contributed by atoms with Crippen molar-refractivity contribution < 1.29 is 4.79 Å². The minimum Gasteiger partial charge on any atom is -0.325 e. The van der Waals surface area contributed by atoms with Crippen LogP contribution in [0.1, 0.15) is 0 Å². The van der Waals surface area contributed by atoms with Crippen LogP contribution in [0.5, 0.6) is 0 Å². The van der Waals surface area contributed by atoms with Crippen LogP contribution in [-0.4, -0.2) is 26.4 Å². The molecule has 0 saturated carbocycles. The topological polar surface area (TPSA) is 59.8 Å². The number of hydrogen-bond donors (Lipinski definition) is 1. The fourth-order valence-electron chi connectivity index (χ4n) is 1.48. The standard InChI is InChI=1S/C13H13ClN4OS/c1-2-7-18-9-15-17-13(18)20-8-12(19)16-11-5-3-10(14)4-6-11/h2-6,9H,1,7-8H2,(H,16,19). The number of carbonyl (C=O) groups is 1. The van der Waals surface area contributed by atoms with Gasteiger partial charge in [-0.25, -0.2) is 0 Å². The van der Waals surface area contributed by atoms with Gasteiger partial charge in [0.1, 0.15) is 6.33 Å². The highest BCUT2D eigenvalue weighted by atomic mass is 35.5. The molecule has 0 aliphatic rings. The number of benzene rings is 1. The molecule has 1 heterocycles. The number of hydrogen-bond acceptors (Lipinski definition) is 4. The summed E-state index contributed by atoms with van der Waals surface area (Å²) in [5, 5.41) is 11.9. The van der Waals surface area contributed by atoms with Gasteiger partial charge < -0.3 is 9.88 Å². The summed E-state index contributed by atoms with van der Waals surface area (Å²) in [6, 6.07) is 6.96. The molecule has 5 nitrogen and oxygen atoms in total. The molecule has 20 heavy (non-hydrogen) atoms. The molecule has 0 fully saturated rings. The number of nitrogens with zero attached hydrogens (tertiary/aromatic N) is 3. The van der Waals surface area contributed by atoms with Gasteiger partial charge in [-0.2, -0.15) is 0 Å². The summed E-state index contributed by atoms with van der Waals surface area (Å²) in [5.41, 5.74) is 0.715. The number of aromatic nitrogens is 3. The van der Waals surface area contributed by atoms with E-state index in [4.69, 9.17) is 11.6 Å². The summed E-state index contributed by atoms with van der Waals surface area (Å²) >= 11 is 7.11. The first kappa shape index (κ1) is 14.6. The minimum absolute atomic E-state index is 0.106. The number of anilines is 1. The zero-order valence-electron chi connectivity index (χ0n) is 10.6. The molecule has 0 aliphatic carbocycles. The SMILES string of the molecule is C=CCn1cnnc1SCC(=O)Nc1ccc(Cl)cc1. The Morgan fingerprint density at radius 3 is 2.90 bits per heavy atom. The molecular formula is C13H13ClN4OS. The Hall–Kier alpha value is -1.79. The van der Waals surface area contributed by atoms with Crippen LogP contribution in [0.3, 0.4) is 0 Å². The molecule has 0 unspecified atom stereocenters. The van der Waals surface area contributed by atoms with Crippen molar-refractivity contribution in [2.75, 3.05) is 11.1 Å². The summed E-state index contributed by atoms with van der Waals surface area (Å²) in [5.74, 6) is 0.156. The second-order valence-corrected chi connectivity index (χ2v) is 5.28. The highest BCUT2D eigenvalue weighted by Crippen LogP contribution is 2.17. The first-order valence-electron chi connectivity index (χ1n) is 5.86. The van der Waals surface area contributed by atoms with Crippen LogP contribution in [0, 0.1) is 0 Å². The van der Waals surface area contributed by atoms with E-state index in [1.807, 2.05) is 4.57 Å². The van der Waals surface area contributed by atoms with Crippen molar-refractivity contribution >= 4 is 35.0 Å². The number of nitrogens with one attached hydrogen (secondary N) is 1. The molecule has 0 bridgehead atoms. The number of rotatable bonds is 6. The van der Waals surface area contributed by atoms with Gasteiger partial charge in [0, 0.05) is 17.3 Å². The first-order valence-corrected chi connectivity index (χ1v) is 7.22. The Bertz CT molecular complexity index is 597. The zero-order valence-corrected chi connectivity index (χ0v) is 12.2. The number of carbonyl (C=O) groups excluding carboxylic acids is 1. The van der Waals surface area contributed by atoms with E-state index in [1.54, 1.807) is 36.7 Å². The number of halogens is 1. The molecule has 1 aromatic heterocycles. The summed E-state index contributed by atoms with van der Waals surface area (Å²) < 4.78 is 1.83. The monoisotopic (exact) mass is 308 g/mol. The molecule has 0 saturated heterocycles. The molecule has 1 amide bonds. The average molecular weight is 309 g/mol. The molecule has 0 radical (unpaired) electrons. The lowest BCUT2D eigenvalue weighted by Crippen LogP contribution is -2.14. The van der Waals surface area contributed by atoms with Crippen molar-refractivity contribution in [3.8, 4) is 0 Å². The summed E-state index contributed by atoms with van der Waals surface area (Å²) in [6.45, 7) is 4.28. The van der Waals surface area contributed by atoms with E-state index in [9.17, 15) is 4.79 Å². The van der Waals surface area contributed by atoms with Crippen molar-refractivity contribution in [1.82, 2.24) is 14.8 Å². The molecule has 7 heteroatoms. The Labute approximate surface area is 126 Å². The molecule has 2 aromatic rings. The molecular weight excluding hydrogens is 296 g/mol. The summed E-state index contributed by atoms with van der Waals surface area (Å²) in [4.78, 5) is 11.8. The Balaban J connectivity index is 1.87. The quantitative estimate of drug-likeness (QED) is 0.658. The average Bonchev–Trinajstić information content (AvgIpc) is 2.87. The third-order valence-corrected chi connectivity index (χ3v) is 3.60. The van der Waals surface area contributed by atoms with Gasteiger partial charge in [-0.1, -0.05) is 29.4 Å². The van der Waals surface area contributed by atoms with E-state index < -0.39 is 0 Å². The highest BCUT2D eigenvalue weighted by Gasteiger charge is 2.08. The van der Waals surface area contributed by atoms with E-state index >= 15 is 0 Å². The molecule has 1 aromatic carbocycles. The maximum absolute atomic E-state index is 11.8. The lowest BCUT2D eigenvalue weighted by atomic mass is 10.3. The second kappa shape index (κ2) is 7.12. The number of amides is 1. The maximum Gasteiger partial charge on any atom is 0.234 e. The van der Waals surface area contributed by atoms with Gasteiger partial charge in [0.25, 0.3) is 0 Å². The molecule has 2 rings (SSSR count). The molecule has 0 spiro atoms. The van der Waals surface area contributed by atoms with Crippen molar-refractivity contribution in [1.29, 1.82) is 0 Å². The Morgan fingerprint density at radius 2 is 2.20 bits per heavy atom. The molecule has 0 atom stereocenters. The van der Waals surface area contributed by atoms with E-state index in [1.165, 1.54) is 11.8 Å². The van der Waals surface area contributed by atoms with Gasteiger partial charge in [-0.15, -0.1) is 16.8 Å².